The predicted molar refractivity (Wildman–Crippen MR) is 67.7 cm³/mol. The highest BCUT2D eigenvalue weighted by Crippen LogP contribution is 2.20. The standard InChI is InChI=1S/C9H7NO2.C2H6.2CH4/c1-10-8(11)6-4-2-3-5-7(6)9(10)12;1-2;;/h2-5H,1H3;1-2H3;2*1H4. The Labute approximate surface area is 98.1 Å². The molecule has 90 valence electrons. The van der Waals surface area contributed by atoms with Crippen LogP contribution in [-0.4, -0.2) is 23.8 Å². The van der Waals surface area contributed by atoms with Gasteiger partial charge in [-0.25, -0.2) is 0 Å². The number of fused-ring (bicyclic) bond motifs is 1. The molecule has 1 heterocycles. The van der Waals surface area contributed by atoms with Crippen LogP contribution in [0.5, 0.6) is 0 Å². The van der Waals surface area contributed by atoms with Crippen LogP contribution in [0.1, 0.15) is 49.4 Å². The Kier molecular flexibility index (Phi) is 7.10. The van der Waals surface area contributed by atoms with Gasteiger partial charge in [0.1, 0.15) is 0 Å². The fourth-order valence-corrected chi connectivity index (χ4v) is 1.31. The number of benzene rings is 1. The molecule has 3 heteroatoms. The van der Waals surface area contributed by atoms with Gasteiger partial charge in [0.2, 0.25) is 0 Å². The van der Waals surface area contributed by atoms with Crippen LogP contribution in [-0.2, 0) is 0 Å². The summed E-state index contributed by atoms with van der Waals surface area (Å²) in [5, 5.41) is 0. The molecule has 1 aromatic carbocycles. The maximum absolute atomic E-state index is 11.3. The van der Waals surface area contributed by atoms with Gasteiger partial charge in [-0.3, -0.25) is 14.5 Å². The van der Waals surface area contributed by atoms with Crippen molar-refractivity contribution in [1.82, 2.24) is 4.90 Å². The molecule has 2 amide bonds. The molecule has 3 nitrogen and oxygen atoms in total. The van der Waals surface area contributed by atoms with Crippen molar-refractivity contribution in [2.24, 2.45) is 0 Å². The van der Waals surface area contributed by atoms with Gasteiger partial charge in [0, 0.05) is 7.05 Å². The summed E-state index contributed by atoms with van der Waals surface area (Å²) in [5.74, 6) is -0.425. The van der Waals surface area contributed by atoms with E-state index in [0.717, 1.165) is 4.90 Å². The number of hydrogen-bond donors (Lipinski definition) is 0. The van der Waals surface area contributed by atoms with E-state index < -0.39 is 0 Å². The third kappa shape index (κ3) is 2.48. The number of hydrogen-bond acceptors (Lipinski definition) is 2. The molecule has 1 aromatic rings. The van der Waals surface area contributed by atoms with Crippen LogP contribution >= 0.6 is 0 Å². The van der Waals surface area contributed by atoms with E-state index >= 15 is 0 Å². The monoisotopic (exact) mass is 223 g/mol. The molecule has 2 rings (SSSR count). The van der Waals surface area contributed by atoms with Crippen LogP contribution in [0.15, 0.2) is 24.3 Å². The van der Waals surface area contributed by atoms with E-state index in [2.05, 4.69) is 0 Å². The molecule has 0 N–H and O–H groups in total. The van der Waals surface area contributed by atoms with E-state index in [1.807, 2.05) is 13.8 Å². The summed E-state index contributed by atoms with van der Waals surface area (Å²) in [5.41, 5.74) is 1.01. The highest BCUT2D eigenvalue weighted by Gasteiger charge is 2.31. The lowest BCUT2D eigenvalue weighted by molar-refractivity contribution is 0.0693. The number of nitrogens with zero attached hydrogens (tertiary/aromatic N) is 1. The molecule has 0 aliphatic carbocycles. The molecule has 0 aromatic heterocycles. The molecule has 0 radical (unpaired) electrons. The normalized spacial score (nSPS) is 11.8. The van der Waals surface area contributed by atoms with Crippen molar-refractivity contribution >= 4 is 11.8 Å². The first kappa shape index (κ1) is 16.8. The van der Waals surface area contributed by atoms with E-state index in [1.54, 1.807) is 24.3 Å². The first-order chi connectivity index (χ1) is 6.72. The molecule has 0 unspecified atom stereocenters. The van der Waals surface area contributed by atoms with E-state index in [9.17, 15) is 9.59 Å². The van der Waals surface area contributed by atoms with Gasteiger partial charge in [-0.2, -0.15) is 0 Å². The Morgan fingerprint density at radius 2 is 1.19 bits per heavy atom. The third-order valence-corrected chi connectivity index (χ3v) is 2.00. The largest absolute Gasteiger partial charge is 0.277 e. The summed E-state index contributed by atoms with van der Waals surface area (Å²) < 4.78 is 0. The van der Waals surface area contributed by atoms with Crippen LogP contribution < -0.4 is 0 Å². The minimum atomic E-state index is -0.212. The Bertz CT molecular complexity index is 337. The summed E-state index contributed by atoms with van der Waals surface area (Å²) in [4.78, 5) is 23.8. The summed E-state index contributed by atoms with van der Waals surface area (Å²) >= 11 is 0. The van der Waals surface area contributed by atoms with Gasteiger partial charge in [-0.15, -0.1) is 0 Å². The Balaban J connectivity index is 0. The molecule has 0 bridgehead atoms. The van der Waals surface area contributed by atoms with Crippen LogP contribution in [0.3, 0.4) is 0 Å². The topological polar surface area (TPSA) is 37.4 Å². The zero-order chi connectivity index (χ0) is 10.7. The van der Waals surface area contributed by atoms with Gasteiger partial charge in [0.25, 0.3) is 11.8 Å². The van der Waals surface area contributed by atoms with Crippen molar-refractivity contribution in [2.45, 2.75) is 28.7 Å². The van der Waals surface area contributed by atoms with Gasteiger partial charge in [0.15, 0.2) is 0 Å². The second kappa shape index (κ2) is 6.77. The Morgan fingerprint density at radius 3 is 1.50 bits per heavy atom. The molecular formula is C13H21NO2. The van der Waals surface area contributed by atoms with Crippen molar-refractivity contribution in [2.75, 3.05) is 7.05 Å². The highest BCUT2D eigenvalue weighted by molar-refractivity contribution is 6.21. The molecule has 16 heavy (non-hydrogen) atoms. The maximum atomic E-state index is 11.3. The SMILES string of the molecule is C.C.CC.CN1C(=O)c2ccccc2C1=O. The first-order valence-corrected chi connectivity index (χ1v) is 4.63. The van der Waals surface area contributed by atoms with Gasteiger partial charge >= 0.3 is 0 Å². The van der Waals surface area contributed by atoms with Crippen LogP contribution in [0.2, 0.25) is 0 Å². The number of carbonyl (C=O) groups is 2. The highest BCUT2D eigenvalue weighted by atomic mass is 16.2. The fourth-order valence-electron chi connectivity index (χ4n) is 1.31. The second-order valence-corrected chi connectivity index (χ2v) is 2.71. The molecular weight excluding hydrogens is 202 g/mol. The van der Waals surface area contributed by atoms with E-state index in [-0.39, 0.29) is 26.7 Å². The number of rotatable bonds is 0. The zero-order valence-electron chi connectivity index (χ0n) is 8.57. The van der Waals surface area contributed by atoms with Crippen LogP contribution in [0.4, 0.5) is 0 Å². The van der Waals surface area contributed by atoms with Crippen LogP contribution in [0, 0.1) is 0 Å². The average molecular weight is 223 g/mol. The quantitative estimate of drug-likeness (QED) is 0.633. The molecule has 0 saturated carbocycles. The summed E-state index contributed by atoms with van der Waals surface area (Å²) in [7, 11) is 1.49. The number of amides is 2. The van der Waals surface area contributed by atoms with Crippen LogP contribution in [0.25, 0.3) is 0 Å². The first-order valence-electron chi connectivity index (χ1n) is 4.63. The number of imide groups is 1. The average Bonchev–Trinajstić information content (AvgIpc) is 2.48. The molecule has 1 aliphatic heterocycles. The Morgan fingerprint density at radius 1 is 0.875 bits per heavy atom. The third-order valence-electron chi connectivity index (χ3n) is 2.00. The van der Waals surface area contributed by atoms with E-state index in [1.165, 1.54) is 7.05 Å². The number of carbonyl (C=O) groups excluding carboxylic acids is 2. The van der Waals surface area contributed by atoms with Gasteiger partial charge in [-0.1, -0.05) is 40.8 Å². The zero-order valence-corrected chi connectivity index (χ0v) is 8.57. The van der Waals surface area contributed by atoms with Crippen molar-refractivity contribution in [3.63, 3.8) is 0 Å². The summed E-state index contributed by atoms with van der Waals surface area (Å²) in [6.07, 6.45) is 0. The predicted octanol–water partition coefficient (Wildman–Crippen LogP) is 3.21. The van der Waals surface area contributed by atoms with Crippen molar-refractivity contribution < 1.29 is 9.59 Å². The van der Waals surface area contributed by atoms with E-state index in [4.69, 9.17) is 0 Å². The fraction of sp³-hybridized carbons (Fsp3) is 0.385. The van der Waals surface area contributed by atoms with Gasteiger partial charge in [0.05, 0.1) is 11.1 Å². The minimum Gasteiger partial charge on any atom is -0.277 e. The maximum Gasteiger partial charge on any atom is 0.261 e. The minimum absolute atomic E-state index is 0. The lowest BCUT2D eigenvalue weighted by Gasteiger charge is -2.02. The van der Waals surface area contributed by atoms with Crippen molar-refractivity contribution in [1.29, 1.82) is 0 Å². The van der Waals surface area contributed by atoms with E-state index in [0.29, 0.717) is 11.1 Å². The Hall–Kier alpha value is -1.64. The molecule has 0 fully saturated rings. The second-order valence-electron chi connectivity index (χ2n) is 2.71. The molecule has 0 spiro atoms. The summed E-state index contributed by atoms with van der Waals surface area (Å²) in [6.45, 7) is 4.00. The van der Waals surface area contributed by atoms with Gasteiger partial charge < -0.3 is 0 Å². The summed E-state index contributed by atoms with van der Waals surface area (Å²) in [6, 6.07) is 6.84. The molecule has 0 atom stereocenters. The van der Waals surface area contributed by atoms with Crippen molar-refractivity contribution in [3.8, 4) is 0 Å². The lowest BCUT2D eigenvalue weighted by Crippen LogP contribution is -2.24. The van der Waals surface area contributed by atoms with Gasteiger partial charge in [-0.05, 0) is 12.1 Å². The lowest BCUT2D eigenvalue weighted by atomic mass is 10.1. The smallest absolute Gasteiger partial charge is 0.261 e. The molecule has 0 saturated heterocycles. The molecule has 1 aliphatic rings. The van der Waals surface area contributed by atoms with Crippen molar-refractivity contribution in [3.05, 3.63) is 35.4 Å².